The van der Waals surface area contributed by atoms with Crippen molar-refractivity contribution in [1.82, 2.24) is 0 Å². The van der Waals surface area contributed by atoms with E-state index < -0.39 is 55.7 Å². The molecule has 5 N–H and O–H groups in total. The minimum Gasteiger partial charge on any atom is -0.508 e. The maximum atomic E-state index is 12.6. The molecule has 3 aromatic rings. The zero-order valence-electron chi connectivity index (χ0n) is 18.5. The first kappa shape index (κ1) is 25.1. The van der Waals surface area contributed by atoms with Crippen molar-refractivity contribution in [3.63, 3.8) is 0 Å². The molecule has 0 saturated carbocycles. The van der Waals surface area contributed by atoms with E-state index in [-0.39, 0.29) is 33.7 Å². The van der Waals surface area contributed by atoms with Crippen molar-refractivity contribution >= 4 is 22.9 Å². The number of benzene rings is 2. The number of fused-ring (bicyclic) bond motifs is 1. The first-order valence-electron chi connectivity index (χ1n) is 10.7. The third-order valence-corrected chi connectivity index (χ3v) is 5.48. The molecule has 0 spiro atoms. The number of aromatic hydroxyl groups is 1. The van der Waals surface area contributed by atoms with E-state index in [9.17, 15) is 34.8 Å². The fourth-order valence-corrected chi connectivity index (χ4v) is 3.61. The number of phenols is 1. The fraction of sp³-hybridized carbons (Fsp3) is 0.292. The Hall–Kier alpha value is -3.97. The molecule has 190 valence electrons. The molecule has 1 fully saturated rings. The second kappa shape index (κ2) is 10.3. The van der Waals surface area contributed by atoms with Crippen LogP contribution in [0.1, 0.15) is 6.42 Å². The smallest absolute Gasteiger partial charge is 0.317 e. The number of aliphatic hydroxyl groups excluding tert-OH is 3. The molecule has 1 saturated heterocycles. The summed E-state index contributed by atoms with van der Waals surface area (Å²) >= 11 is 0. The summed E-state index contributed by atoms with van der Waals surface area (Å²) in [4.78, 5) is 34.6. The number of hydrogen-bond donors (Lipinski definition) is 5. The highest BCUT2D eigenvalue weighted by Gasteiger charge is 2.45. The molecule has 0 aliphatic carbocycles. The summed E-state index contributed by atoms with van der Waals surface area (Å²) in [6, 6.07) is 11.5. The van der Waals surface area contributed by atoms with Crippen molar-refractivity contribution in [3.8, 4) is 22.8 Å². The average molecular weight is 502 g/mol. The van der Waals surface area contributed by atoms with Crippen molar-refractivity contribution < 1.29 is 53.7 Å². The van der Waals surface area contributed by atoms with Gasteiger partial charge in [0.25, 0.3) is 0 Å². The van der Waals surface area contributed by atoms with Gasteiger partial charge in [-0.2, -0.15) is 0 Å². The normalized spacial score (nSPS) is 23.8. The summed E-state index contributed by atoms with van der Waals surface area (Å²) in [5.74, 6) is -2.11. The van der Waals surface area contributed by atoms with Crippen LogP contribution in [-0.2, 0) is 19.1 Å². The Balaban J connectivity index is 1.54. The van der Waals surface area contributed by atoms with Crippen molar-refractivity contribution in [3.05, 3.63) is 58.8 Å². The van der Waals surface area contributed by atoms with Crippen LogP contribution in [0.4, 0.5) is 0 Å². The maximum absolute atomic E-state index is 12.6. The molecule has 36 heavy (non-hydrogen) atoms. The SMILES string of the molecule is O=C(O)CC(=O)OC[C@H]1O[C@H](Oc2ccc3c(=O)cc(-c4ccc(O)cc4)oc3c2)[C@@H](O)[C@@H](O)[C@@H]1O. The highest BCUT2D eigenvalue weighted by Crippen LogP contribution is 2.29. The van der Waals surface area contributed by atoms with Crippen molar-refractivity contribution in [2.45, 2.75) is 37.1 Å². The predicted molar refractivity (Wildman–Crippen MR) is 120 cm³/mol. The highest BCUT2D eigenvalue weighted by molar-refractivity contribution is 5.90. The van der Waals surface area contributed by atoms with Crippen LogP contribution >= 0.6 is 0 Å². The van der Waals surface area contributed by atoms with Crippen molar-refractivity contribution in [2.24, 2.45) is 0 Å². The monoisotopic (exact) mass is 502 g/mol. The molecule has 5 atom stereocenters. The lowest BCUT2D eigenvalue weighted by Gasteiger charge is -2.39. The lowest BCUT2D eigenvalue weighted by molar-refractivity contribution is -0.278. The van der Waals surface area contributed by atoms with Gasteiger partial charge in [0.2, 0.25) is 6.29 Å². The molecule has 0 amide bonds. The topological polar surface area (TPSA) is 193 Å². The number of hydrogen-bond acceptors (Lipinski definition) is 11. The Morgan fingerprint density at radius 3 is 2.36 bits per heavy atom. The quantitative estimate of drug-likeness (QED) is 0.220. The Labute approximate surface area is 202 Å². The van der Waals surface area contributed by atoms with Gasteiger partial charge in [-0.25, -0.2) is 0 Å². The van der Waals surface area contributed by atoms with E-state index in [1.165, 1.54) is 36.4 Å². The Morgan fingerprint density at radius 2 is 1.67 bits per heavy atom. The number of esters is 1. The molecular weight excluding hydrogens is 480 g/mol. The average Bonchev–Trinajstić information content (AvgIpc) is 2.83. The number of aliphatic carboxylic acids is 1. The van der Waals surface area contributed by atoms with Crippen LogP contribution in [0.5, 0.6) is 11.5 Å². The lowest BCUT2D eigenvalue weighted by atomic mass is 9.99. The lowest BCUT2D eigenvalue weighted by Crippen LogP contribution is -2.60. The van der Waals surface area contributed by atoms with E-state index in [0.717, 1.165) is 0 Å². The molecule has 2 aromatic carbocycles. The molecule has 1 aliphatic rings. The van der Waals surface area contributed by atoms with Crippen LogP contribution in [0.25, 0.3) is 22.3 Å². The molecule has 0 unspecified atom stereocenters. The summed E-state index contributed by atoms with van der Waals surface area (Å²) in [5, 5.41) is 49.0. The summed E-state index contributed by atoms with van der Waals surface area (Å²) in [6.07, 6.45) is -8.83. The molecule has 12 heteroatoms. The van der Waals surface area contributed by atoms with E-state index in [1.807, 2.05) is 0 Å². The van der Waals surface area contributed by atoms with Crippen LogP contribution in [0.15, 0.2) is 57.7 Å². The molecule has 12 nitrogen and oxygen atoms in total. The molecular formula is C24H22O12. The number of carbonyl (C=O) groups is 2. The standard InChI is InChI=1S/C24H22O12/c25-12-3-1-11(2-4-12)16-8-15(26)14-6-5-13(7-17(14)35-16)34-24-23(32)22(31)21(30)18(36-24)10-33-20(29)9-19(27)28/h1-8,18,21-25,30-32H,9-10H2,(H,27,28)/t18-,21-,22+,23+,24+/m1/s1. The summed E-state index contributed by atoms with van der Waals surface area (Å²) < 4.78 is 21.7. The number of ether oxygens (including phenoxy) is 3. The van der Waals surface area contributed by atoms with E-state index in [2.05, 4.69) is 0 Å². The number of carbonyl (C=O) groups excluding carboxylic acids is 1. The molecule has 0 radical (unpaired) electrons. The summed E-state index contributed by atoms with van der Waals surface area (Å²) in [5.41, 5.74) is 0.358. The number of aliphatic hydroxyl groups is 3. The van der Waals surface area contributed by atoms with Crippen molar-refractivity contribution in [2.75, 3.05) is 6.61 Å². The zero-order valence-corrected chi connectivity index (χ0v) is 18.5. The van der Waals surface area contributed by atoms with E-state index in [4.69, 9.17) is 23.7 Å². The van der Waals surface area contributed by atoms with E-state index in [1.54, 1.807) is 12.1 Å². The van der Waals surface area contributed by atoms with E-state index >= 15 is 0 Å². The number of carboxylic acids is 1. The second-order valence-electron chi connectivity index (χ2n) is 8.07. The van der Waals surface area contributed by atoms with Crippen LogP contribution in [0, 0.1) is 0 Å². The highest BCUT2D eigenvalue weighted by atomic mass is 16.7. The summed E-state index contributed by atoms with van der Waals surface area (Å²) in [6.45, 7) is -0.598. The van der Waals surface area contributed by atoms with Crippen LogP contribution in [0.2, 0.25) is 0 Å². The van der Waals surface area contributed by atoms with Gasteiger partial charge in [0, 0.05) is 17.7 Å². The zero-order chi connectivity index (χ0) is 26.0. The predicted octanol–water partition coefficient (Wildman–Crippen LogP) is 0.370. The fourth-order valence-electron chi connectivity index (χ4n) is 3.61. The first-order valence-corrected chi connectivity index (χ1v) is 10.7. The third kappa shape index (κ3) is 5.47. The molecule has 1 aromatic heterocycles. The first-order chi connectivity index (χ1) is 17.1. The van der Waals surface area contributed by atoms with Gasteiger partial charge in [-0.3, -0.25) is 14.4 Å². The minimum atomic E-state index is -1.73. The van der Waals surface area contributed by atoms with E-state index in [0.29, 0.717) is 5.56 Å². The van der Waals surface area contributed by atoms with Gasteiger partial charge in [-0.15, -0.1) is 0 Å². The van der Waals surface area contributed by atoms with Crippen molar-refractivity contribution in [1.29, 1.82) is 0 Å². The minimum absolute atomic E-state index is 0.0471. The number of rotatable bonds is 7. The Bertz CT molecular complexity index is 1310. The number of phenolic OH excluding ortho intramolecular Hbond substituents is 1. The molecule has 0 bridgehead atoms. The second-order valence-corrected chi connectivity index (χ2v) is 8.07. The number of carboxylic acid groups (broad SMARTS) is 1. The van der Waals surface area contributed by atoms with Crippen LogP contribution in [0.3, 0.4) is 0 Å². The van der Waals surface area contributed by atoms with Gasteiger partial charge >= 0.3 is 11.9 Å². The van der Waals surface area contributed by atoms with Gasteiger partial charge < -0.3 is 44.2 Å². The molecule has 2 heterocycles. The van der Waals surface area contributed by atoms with Crippen LogP contribution < -0.4 is 10.2 Å². The Kier molecular flexibility index (Phi) is 7.22. The van der Waals surface area contributed by atoms with Gasteiger partial charge in [-0.05, 0) is 36.4 Å². The maximum Gasteiger partial charge on any atom is 0.317 e. The largest absolute Gasteiger partial charge is 0.508 e. The molecule has 4 rings (SSSR count). The van der Waals surface area contributed by atoms with Crippen LogP contribution in [-0.4, -0.2) is 74.8 Å². The molecule has 1 aliphatic heterocycles. The third-order valence-electron chi connectivity index (χ3n) is 5.48. The van der Waals surface area contributed by atoms with Gasteiger partial charge in [0.1, 0.15) is 60.3 Å². The van der Waals surface area contributed by atoms with Gasteiger partial charge in [-0.1, -0.05) is 0 Å². The Morgan fingerprint density at radius 1 is 0.944 bits per heavy atom. The summed E-state index contributed by atoms with van der Waals surface area (Å²) in [7, 11) is 0. The van der Waals surface area contributed by atoms with Gasteiger partial charge in [0.15, 0.2) is 5.43 Å². The van der Waals surface area contributed by atoms with Gasteiger partial charge in [0.05, 0.1) is 5.39 Å².